The average Bonchev–Trinajstić information content (AvgIpc) is 2.04. The number of benzene rings is 1. The van der Waals surface area contributed by atoms with Crippen molar-refractivity contribution in [2.24, 2.45) is 0 Å². The monoisotopic (exact) mass is 203 g/mol. The Labute approximate surface area is 105 Å². The maximum atomic E-state index is 10.7. The minimum atomic E-state index is -0.941. The van der Waals surface area contributed by atoms with Gasteiger partial charge in [0.05, 0.1) is 5.56 Å². The van der Waals surface area contributed by atoms with Crippen LogP contribution in [0.1, 0.15) is 29.3 Å². The third kappa shape index (κ3) is 3.33. The molecule has 70 valence electrons. The van der Waals surface area contributed by atoms with Gasteiger partial charge in [0.15, 0.2) is 0 Å². The van der Waals surface area contributed by atoms with Crippen LogP contribution in [0.3, 0.4) is 0 Å². The summed E-state index contributed by atoms with van der Waals surface area (Å²) in [4.78, 5) is 10.7. The van der Waals surface area contributed by atoms with E-state index < -0.39 is 5.97 Å². The number of phenolic OH excluding ortho intramolecular Hbond substituents is 1. The number of carbonyl (C=O) groups is 1. The largest absolute Gasteiger partial charge is 1.00 e. The molecule has 0 fully saturated rings. The summed E-state index contributed by atoms with van der Waals surface area (Å²) >= 11 is 0. The van der Waals surface area contributed by atoms with Crippen LogP contribution < -0.4 is 29.6 Å². The fourth-order valence-corrected chi connectivity index (χ4v) is 1.26. The van der Waals surface area contributed by atoms with Gasteiger partial charge in [-0.25, -0.2) is 4.79 Å². The Hall–Kier alpha value is -0.510. The number of phenols is 1. The summed E-state index contributed by atoms with van der Waals surface area (Å²) in [6.07, 6.45) is 1.54. The van der Waals surface area contributed by atoms with E-state index in [1.807, 2.05) is 6.92 Å². The van der Waals surface area contributed by atoms with E-state index in [1.54, 1.807) is 0 Å². The predicted molar refractivity (Wildman–Crippen MR) is 49.1 cm³/mol. The third-order valence-electron chi connectivity index (χ3n) is 1.84. The molecule has 3 nitrogen and oxygen atoms in total. The molecule has 0 aromatic heterocycles. The van der Waals surface area contributed by atoms with Crippen LogP contribution in [0.4, 0.5) is 0 Å². The molecule has 14 heavy (non-hydrogen) atoms. The van der Waals surface area contributed by atoms with Crippen LogP contribution in [0.5, 0.6) is 5.75 Å². The van der Waals surface area contributed by atoms with Gasteiger partial charge in [0, 0.05) is 0 Å². The summed E-state index contributed by atoms with van der Waals surface area (Å²) in [7, 11) is 0. The quantitative estimate of drug-likeness (QED) is 0.622. The average molecular weight is 203 g/mol. The molecule has 0 amide bonds. The van der Waals surface area contributed by atoms with Crippen LogP contribution in [0.2, 0.25) is 0 Å². The Bertz CT molecular complexity index is 323. The van der Waals surface area contributed by atoms with Crippen LogP contribution in [-0.2, 0) is 6.42 Å². The van der Waals surface area contributed by atoms with Crippen molar-refractivity contribution in [1.82, 2.24) is 0 Å². The van der Waals surface area contributed by atoms with Gasteiger partial charge in [0.2, 0.25) is 0 Å². The first-order valence-corrected chi connectivity index (χ1v) is 4.20. The Kier molecular flexibility index (Phi) is 5.84. The minimum absolute atomic E-state index is 0. The molecule has 0 unspecified atom stereocenters. The van der Waals surface area contributed by atoms with Crippen LogP contribution in [0, 0.1) is 0 Å². The first-order chi connectivity index (χ1) is 6.15. The third-order valence-corrected chi connectivity index (χ3v) is 1.84. The number of aromatic carboxylic acids is 1. The molecule has 2 N–H and O–H groups in total. The molecule has 0 saturated heterocycles. The van der Waals surface area contributed by atoms with Crippen LogP contribution in [-0.4, -0.2) is 16.2 Å². The zero-order chi connectivity index (χ0) is 9.84. The zero-order valence-corrected chi connectivity index (χ0v) is 10.4. The summed E-state index contributed by atoms with van der Waals surface area (Å²) in [5.41, 5.74) is 0.967. The van der Waals surface area contributed by atoms with Crippen molar-refractivity contribution in [3.05, 3.63) is 29.3 Å². The van der Waals surface area contributed by atoms with Crippen molar-refractivity contribution in [1.29, 1.82) is 0 Å². The molecule has 0 aliphatic heterocycles. The molecule has 4 heteroatoms. The van der Waals surface area contributed by atoms with Gasteiger partial charge in [-0.05, 0) is 30.2 Å². The first kappa shape index (κ1) is 13.5. The number of hydrogen-bond donors (Lipinski definition) is 2. The second-order valence-electron chi connectivity index (χ2n) is 2.90. The maximum absolute atomic E-state index is 10.7. The van der Waals surface area contributed by atoms with E-state index in [-0.39, 0.29) is 40.9 Å². The number of aryl methyl sites for hydroxylation is 1. The van der Waals surface area contributed by atoms with Crippen molar-refractivity contribution >= 4 is 5.97 Å². The summed E-state index contributed by atoms with van der Waals surface area (Å²) < 4.78 is 0. The molecule has 0 heterocycles. The van der Waals surface area contributed by atoms with E-state index in [1.165, 1.54) is 18.2 Å². The summed E-state index contributed by atoms with van der Waals surface area (Å²) in [6, 6.07) is 4.33. The second-order valence-corrected chi connectivity index (χ2v) is 2.90. The van der Waals surface area contributed by atoms with Crippen molar-refractivity contribution in [3.8, 4) is 5.75 Å². The Morgan fingerprint density at radius 1 is 1.43 bits per heavy atom. The second kappa shape index (κ2) is 6.06. The van der Waals surface area contributed by atoms with Gasteiger partial charge in [-0.1, -0.05) is 13.3 Å². The van der Waals surface area contributed by atoms with E-state index >= 15 is 0 Å². The van der Waals surface area contributed by atoms with E-state index in [0.29, 0.717) is 12.0 Å². The van der Waals surface area contributed by atoms with E-state index in [4.69, 9.17) is 10.2 Å². The SMILES string of the molecule is CCCc1cc(O)ccc1C(=O)O.[Na+]. The summed E-state index contributed by atoms with van der Waals surface area (Å²) in [5, 5.41) is 18.0. The van der Waals surface area contributed by atoms with Gasteiger partial charge in [0.25, 0.3) is 0 Å². The Balaban J connectivity index is 0.00000169. The molecule has 0 bridgehead atoms. The topological polar surface area (TPSA) is 57.5 Å². The molecular formula is C10H12NaO3+. The van der Waals surface area contributed by atoms with Gasteiger partial charge in [-0.3, -0.25) is 0 Å². The van der Waals surface area contributed by atoms with E-state index in [0.717, 1.165) is 6.42 Å². The molecule has 1 aromatic rings. The number of aromatic hydroxyl groups is 1. The fraction of sp³-hybridized carbons (Fsp3) is 0.300. The zero-order valence-electron chi connectivity index (χ0n) is 8.45. The standard InChI is InChI=1S/C10H12O3.Na/c1-2-3-7-6-8(11)4-5-9(7)10(12)13;/h4-6,11H,2-3H2,1H3,(H,12,13);/q;+1. The van der Waals surface area contributed by atoms with E-state index in [9.17, 15) is 4.79 Å². The van der Waals surface area contributed by atoms with Crippen molar-refractivity contribution in [2.75, 3.05) is 0 Å². The van der Waals surface area contributed by atoms with Gasteiger partial charge >= 0.3 is 35.5 Å². The summed E-state index contributed by atoms with van der Waals surface area (Å²) in [5.74, 6) is -0.822. The summed E-state index contributed by atoms with van der Waals surface area (Å²) in [6.45, 7) is 1.97. The molecule has 0 aliphatic carbocycles. The number of carboxylic acids is 1. The molecule has 0 atom stereocenters. The first-order valence-electron chi connectivity index (χ1n) is 4.20. The van der Waals surface area contributed by atoms with E-state index in [2.05, 4.69) is 0 Å². The molecular weight excluding hydrogens is 191 g/mol. The smallest absolute Gasteiger partial charge is 0.508 e. The van der Waals surface area contributed by atoms with Crippen LogP contribution >= 0.6 is 0 Å². The van der Waals surface area contributed by atoms with Crippen molar-refractivity contribution < 1.29 is 44.6 Å². The number of rotatable bonds is 3. The number of hydrogen-bond acceptors (Lipinski definition) is 2. The molecule has 0 aliphatic rings. The van der Waals surface area contributed by atoms with Gasteiger partial charge in [-0.15, -0.1) is 0 Å². The van der Waals surface area contributed by atoms with Crippen LogP contribution in [0.15, 0.2) is 18.2 Å². The van der Waals surface area contributed by atoms with Crippen LogP contribution in [0.25, 0.3) is 0 Å². The molecule has 1 rings (SSSR count). The molecule has 0 spiro atoms. The molecule has 0 radical (unpaired) electrons. The van der Waals surface area contributed by atoms with Gasteiger partial charge < -0.3 is 10.2 Å². The number of carboxylic acid groups (broad SMARTS) is 1. The van der Waals surface area contributed by atoms with Crippen molar-refractivity contribution in [2.45, 2.75) is 19.8 Å². The van der Waals surface area contributed by atoms with Gasteiger partial charge in [-0.2, -0.15) is 0 Å². The molecule has 0 saturated carbocycles. The predicted octanol–water partition coefficient (Wildman–Crippen LogP) is -0.953. The van der Waals surface area contributed by atoms with Crippen molar-refractivity contribution in [3.63, 3.8) is 0 Å². The van der Waals surface area contributed by atoms with Gasteiger partial charge in [0.1, 0.15) is 5.75 Å². The minimum Gasteiger partial charge on any atom is -0.508 e. The fourth-order valence-electron chi connectivity index (χ4n) is 1.26. The normalized spacial score (nSPS) is 9.21. The Morgan fingerprint density at radius 3 is 2.57 bits per heavy atom. The maximum Gasteiger partial charge on any atom is 1.00 e. The Morgan fingerprint density at radius 2 is 2.07 bits per heavy atom. The molecule has 1 aromatic carbocycles.